The summed E-state index contributed by atoms with van der Waals surface area (Å²) in [5.41, 5.74) is 5.97. The Balaban J connectivity index is 2.11. The lowest BCUT2D eigenvalue weighted by atomic mass is 10.3. The van der Waals surface area contributed by atoms with E-state index in [0.29, 0.717) is 22.9 Å². The van der Waals surface area contributed by atoms with Gasteiger partial charge in [0.1, 0.15) is 10.7 Å². The summed E-state index contributed by atoms with van der Waals surface area (Å²) in [5, 5.41) is 3.09. The third-order valence-corrected chi connectivity index (χ3v) is 3.63. The Morgan fingerprint density at radius 3 is 2.82 bits per heavy atom. The van der Waals surface area contributed by atoms with E-state index >= 15 is 0 Å². The van der Waals surface area contributed by atoms with E-state index in [4.69, 9.17) is 5.73 Å². The summed E-state index contributed by atoms with van der Waals surface area (Å²) in [6, 6.07) is 3.56. The van der Waals surface area contributed by atoms with Crippen molar-refractivity contribution in [2.45, 2.75) is 6.54 Å². The Morgan fingerprint density at radius 1 is 1.47 bits per heavy atom. The molecule has 0 radical (unpaired) electrons. The number of hydrogen-bond acceptors (Lipinski definition) is 5. The standard InChI is InChI=1S/C10H9BrN4OS/c11-7-4-6(9(17-7)10(12)16)15-5-8-13-2-1-3-14-8/h1-4,15H,5H2,(H2,12,16). The predicted molar refractivity (Wildman–Crippen MR) is 69.9 cm³/mol. The normalized spacial score (nSPS) is 10.2. The van der Waals surface area contributed by atoms with Gasteiger partial charge in [-0.15, -0.1) is 11.3 Å². The van der Waals surface area contributed by atoms with Crippen molar-refractivity contribution in [2.24, 2.45) is 5.73 Å². The highest BCUT2D eigenvalue weighted by Gasteiger charge is 2.12. The minimum atomic E-state index is -0.447. The van der Waals surface area contributed by atoms with Crippen molar-refractivity contribution in [2.75, 3.05) is 5.32 Å². The summed E-state index contributed by atoms with van der Waals surface area (Å²) in [5.74, 6) is 0.211. The van der Waals surface area contributed by atoms with Crippen LogP contribution >= 0.6 is 27.3 Å². The Labute approximate surface area is 110 Å². The van der Waals surface area contributed by atoms with Gasteiger partial charge in [-0.2, -0.15) is 0 Å². The van der Waals surface area contributed by atoms with Crippen LogP contribution in [0.15, 0.2) is 28.3 Å². The number of rotatable bonds is 4. The molecule has 3 N–H and O–H groups in total. The van der Waals surface area contributed by atoms with Gasteiger partial charge in [-0.05, 0) is 28.1 Å². The molecule has 17 heavy (non-hydrogen) atoms. The molecule has 0 saturated heterocycles. The molecule has 0 fully saturated rings. The molecule has 2 aromatic rings. The molecule has 0 bridgehead atoms. The second-order valence-electron chi connectivity index (χ2n) is 3.18. The second-order valence-corrected chi connectivity index (χ2v) is 5.61. The Bertz CT molecular complexity index is 528. The van der Waals surface area contributed by atoms with Crippen LogP contribution < -0.4 is 11.1 Å². The Kier molecular flexibility index (Phi) is 3.70. The Morgan fingerprint density at radius 2 is 2.18 bits per heavy atom. The predicted octanol–water partition coefficient (Wildman–Crippen LogP) is 2.01. The Hall–Kier alpha value is -1.47. The zero-order chi connectivity index (χ0) is 12.3. The number of primary amides is 1. The van der Waals surface area contributed by atoms with E-state index in [0.717, 1.165) is 3.79 Å². The van der Waals surface area contributed by atoms with Crippen LogP contribution in [0.3, 0.4) is 0 Å². The van der Waals surface area contributed by atoms with Gasteiger partial charge in [0.2, 0.25) is 0 Å². The maximum atomic E-state index is 11.2. The van der Waals surface area contributed by atoms with Gasteiger partial charge in [0, 0.05) is 12.4 Å². The average Bonchev–Trinajstić information content (AvgIpc) is 2.69. The molecule has 2 heterocycles. The fourth-order valence-electron chi connectivity index (χ4n) is 1.27. The molecule has 2 aromatic heterocycles. The molecule has 0 spiro atoms. The number of thiophene rings is 1. The molecule has 88 valence electrons. The summed E-state index contributed by atoms with van der Waals surface area (Å²) in [6.45, 7) is 0.449. The first kappa shape index (κ1) is 12.0. The molecule has 0 aromatic carbocycles. The number of hydrogen-bond donors (Lipinski definition) is 2. The molecule has 0 aliphatic heterocycles. The number of halogens is 1. The van der Waals surface area contributed by atoms with Gasteiger partial charge in [0.15, 0.2) is 0 Å². The summed E-state index contributed by atoms with van der Waals surface area (Å²) in [7, 11) is 0. The maximum Gasteiger partial charge on any atom is 0.260 e. The number of nitrogens with zero attached hydrogens (tertiary/aromatic N) is 2. The fraction of sp³-hybridized carbons (Fsp3) is 0.100. The molecule has 5 nitrogen and oxygen atoms in total. The number of aromatic nitrogens is 2. The van der Waals surface area contributed by atoms with E-state index in [-0.39, 0.29) is 0 Å². The number of amides is 1. The first-order chi connectivity index (χ1) is 8.16. The van der Waals surface area contributed by atoms with Crippen LogP contribution in [0.2, 0.25) is 0 Å². The zero-order valence-corrected chi connectivity index (χ0v) is 11.1. The molecule has 0 unspecified atom stereocenters. The van der Waals surface area contributed by atoms with Crippen LogP contribution in [0.5, 0.6) is 0 Å². The van der Waals surface area contributed by atoms with E-state index in [1.54, 1.807) is 18.5 Å². The zero-order valence-electron chi connectivity index (χ0n) is 8.68. The van der Waals surface area contributed by atoms with Gasteiger partial charge in [0.25, 0.3) is 5.91 Å². The quantitative estimate of drug-likeness (QED) is 0.905. The number of nitrogens with two attached hydrogens (primary N) is 1. The summed E-state index contributed by atoms with van der Waals surface area (Å²) in [6.07, 6.45) is 3.34. The van der Waals surface area contributed by atoms with Crippen molar-refractivity contribution in [3.63, 3.8) is 0 Å². The van der Waals surface area contributed by atoms with Crippen molar-refractivity contribution in [1.29, 1.82) is 0 Å². The van der Waals surface area contributed by atoms with E-state index in [2.05, 4.69) is 31.2 Å². The van der Waals surface area contributed by atoms with E-state index < -0.39 is 5.91 Å². The molecule has 7 heteroatoms. The molecular weight excluding hydrogens is 304 g/mol. The molecule has 0 saturated carbocycles. The highest BCUT2D eigenvalue weighted by molar-refractivity contribution is 9.11. The van der Waals surface area contributed by atoms with Gasteiger partial charge in [-0.1, -0.05) is 0 Å². The monoisotopic (exact) mass is 312 g/mol. The van der Waals surface area contributed by atoms with Gasteiger partial charge in [-0.25, -0.2) is 9.97 Å². The van der Waals surface area contributed by atoms with Crippen LogP contribution in [0.25, 0.3) is 0 Å². The second kappa shape index (κ2) is 5.24. The number of carbonyl (C=O) groups excluding carboxylic acids is 1. The van der Waals surface area contributed by atoms with Crippen molar-refractivity contribution < 1.29 is 4.79 Å². The topological polar surface area (TPSA) is 80.9 Å². The minimum absolute atomic E-state index is 0.447. The van der Waals surface area contributed by atoms with Crippen LogP contribution in [-0.2, 0) is 6.54 Å². The summed E-state index contributed by atoms with van der Waals surface area (Å²) in [4.78, 5) is 19.8. The summed E-state index contributed by atoms with van der Waals surface area (Å²) >= 11 is 4.61. The molecule has 1 amide bonds. The van der Waals surface area contributed by atoms with Gasteiger partial charge in [0.05, 0.1) is 16.0 Å². The first-order valence-electron chi connectivity index (χ1n) is 4.75. The van der Waals surface area contributed by atoms with Gasteiger partial charge < -0.3 is 11.1 Å². The largest absolute Gasteiger partial charge is 0.376 e. The van der Waals surface area contributed by atoms with Crippen molar-refractivity contribution in [3.05, 3.63) is 39.0 Å². The van der Waals surface area contributed by atoms with Gasteiger partial charge >= 0.3 is 0 Å². The molecular formula is C10H9BrN4OS. The molecule has 0 aliphatic rings. The van der Waals surface area contributed by atoms with Crippen molar-refractivity contribution in [1.82, 2.24) is 9.97 Å². The number of nitrogens with one attached hydrogen (secondary N) is 1. The lowest BCUT2D eigenvalue weighted by molar-refractivity contribution is 0.100. The van der Waals surface area contributed by atoms with E-state index in [1.165, 1.54) is 11.3 Å². The van der Waals surface area contributed by atoms with E-state index in [1.807, 2.05) is 6.07 Å². The minimum Gasteiger partial charge on any atom is -0.376 e. The van der Waals surface area contributed by atoms with Crippen molar-refractivity contribution >= 4 is 38.9 Å². The molecule has 0 aliphatic carbocycles. The first-order valence-corrected chi connectivity index (χ1v) is 6.36. The van der Waals surface area contributed by atoms with Crippen LogP contribution in [0.1, 0.15) is 15.5 Å². The van der Waals surface area contributed by atoms with Crippen LogP contribution in [0, 0.1) is 0 Å². The average molecular weight is 313 g/mol. The molecule has 0 atom stereocenters. The van der Waals surface area contributed by atoms with E-state index in [9.17, 15) is 4.79 Å². The SMILES string of the molecule is NC(=O)c1sc(Br)cc1NCc1ncccn1. The van der Waals surface area contributed by atoms with Crippen molar-refractivity contribution in [3.8, 4) is 0 Å². The van der Waals surface area contributed by atoms with Gasteiger partial charge in [-0.3, -0.25) is 4.79 Å². The lowest BCUT2D eigenvalue weighted by Crippen LogP contribution is -2.12. The third kappa shape index (κ3) is 3.01. The number of anilines is 1. The molecule has 2 rings (SSSR count). The lowest BCUT2D eigenvalue weighted by Gasteiger charge is -2.04. The smallest absolute Gasteiger partial charge is 0.260 e. The fourth-order valence-corrected chi connectivity index (χ4v) is 2.70. The highest BCUT2D eigenvalue weighted by atomic mass is 79.9. The summed E-state index contributed by atoms with van der Waals surface area (Å²) < 4.78 is 0.850. The maximum absolute atomic E-state index is 11.2. The third-order valence-electron chi connectivity index (χ3n) is 1.98. The van der Waals surface area contributed by atoms with Crippen LogP contribution in [0.4, 0.5) is 5.69 Å². The highest BCUT2D eigenvalue weighted by Crippen LogP contribution is 2.30. The van der Waals surface area contributed by atoms with Crippen LogP contribution in [-0.4, -0.2) is 15.9 Å². The number of carbonyl (C=O) groups is 1.